The zero-order valence-corrected chi connectivity index (χ0v) is 15.6. The number of aromatic nitrogens is 4. The molecule has 0 bridgehead atoms. The molecule has 0 spiro atoms. The zero-order valence-electron chi connectivity index (χ0n) is 15.6. The number of carbonyl (C=O) groups is 1. The van der Waals surface area contributed by atoms with Crippen LogP contribution in [0.1, 0.15) is 50.5 Å². The summed E-state index contributed by atoms with van der Waals surface area (Å²) in [6.07, 6.45) is 9.01. The summed E-state index contributed by atoms with van der Waals surface area (Å²) in [5.74, 6) is 0.884. The van der Waals surface area contributed by atoms with Crippen LogP contribution in [0.5, 0.6) is 0 Å². The number of anilines is 2. The van der Waals surface area contributed by atoms with Gasteiger partial charge in [-0.15, -0.1) is 0 Å². The highest BCUT2D eigenvalue weighted by Crippen LogP contribution is 2.26. The number of aliphatic imine (C=N–C) groups is 1. The minimum Gasteiger partial charge on any atom is -0.355 e. The van der Waals surface area contributed by atoms with Crippen LogP contribution in [-0.4, -0.2) is 54.7 Å². The number of aliphatic hydroxyl groups is 1. The van der Waals surface area contributed by atoms with Crippen molar-refractivity contribution >= 4 is 29.2 Å². The lowest BCUT2D eigenvalue weighted by atomic mass is 9.96. The number of rotatable bonds is 6. The quantitative estimate of drug-likeness (QED) is 0.581. The Morgan fingerprint density at radius 3 is 2.61 bits per heavy atom. The molecular formula is C18H24N8O2. The second-order valence-electron chi connectivity index (χ2n) is 7.77. The number of nitrogens with zero attached hydrogens (tertiary/aromatic N) is 5. The molecule has 0 radical (unpaired) electrons. The van der Waals surface area contributed by atoms with Crippen molar-refractivity contribution in [3.05, 3.63) is 11.8 Å². The summed E-state index contributed by atoms with van der Waals surface area (Å²) in [7, 11) is 0. The second kappa shape index (κ2) is 7.01. The highest BCUT2D eigenvalue weighted by atomic mass is 16.3. The Balaban J connectivity index is 1.47. The van der Waals surface area contributed by atoms with Crippen molar-refractivity contribution in [1.29, 1.82) is 0 Å². The first kappa shape index (κ1) is 17.4. The van der Waals surface area contributed by atoms with Gasteiger partial charge in [-0.2, -0.15) is 19.6 Å². The molecule has 3 heterocycles. The van der Waals surface area contributed by atoms with Crippen LogP contribution in [0.15, 0.2) is 11.2 Å². The molecule has 1 aliphatic heterocycles. The van der Waals surface area contributed by atoms with E-state index < -0.39 is 6.35 Å². The molecule has 0 saturated heterocycles. The minimum atomic E-state index is -1.17. The summed E-state index contributed by atoms with van der Waals surface area (Å²) in [5.41, 5.74) is 1.70. The van der Waals surface area contributed by atoms with E-state index in [9.17, 15) is 9.90 Å². The van der Waals surface area contributed by atoms with Gasteiger partial charge < -0.3 is 21.1 Å². The van der Waals surface area contributed by atoms with Gasteiger partial charge >= 0.3 is 0 Å². The molecule has 28 heavy (non-hydrogen) atoms. The molecular weight excluding hydrogens is 360 g/mol. The first-order valence-corrected chi connectivity index (χ1v) is 9.99. The van der Waals surface area contributed by atoms with E-state index in [-0.39, 0.29) is 18.0 Å². The molecule has 1 amide bonds. The van der Waals surface area contributed by atoms with E-state index in [1.54, 1.807) is 10.7 Å². The molecule has 0 aromatic carbocycles. The van der Waals surface area contributed by atoms with Gasteiger partial charge in [0.2, 0.25) is 18.2 Å². The summed E-state index contributed by atoms with van der Waals surface area (Å²) in [6, 6.07) is 0.810. The third-order valence-corrected chi connectivity index (χ3v) is 5.45. The Labute approximate surface area is 161 Å². The van der Waals surface area contributed by atoms with Crippen LogP contribution in [0.25, 0.3) is 5.65 Å². The average molecular weight is 384 g/mol. The van der Waals surface area contributed by atoms with Crippen LogP contribution >= 0.6 is 0 Å². The number of aliphatic hydroxyl groups excluding tert-OH is 1. The van der Waals surface area contributed by atoms with E-state index in [1.165, 1.54) is 19.3 Å². The second-order valence-corrected chi connectivity index (χ2v) is 7.77. The highest BCUT2D eigenvalue weighted by molar-refractivity contribution is 6.40. The third-order valence-electron chi connectivity index (χ3n) is 5.45. The maximum atomic E-state index is 11.9. The predicted molar refractivity (Wildman–Crippen MR) is 103 cm³/mol. The van der Waals surface area contributed by atoms with Crippen molar-refractivity contribution in [2.45, 2.75) is 69.8 Å². The fourth-order valence-corrected chi connectivity index (χ4v) is 3.79. The molecule has 2 aliphatic carbocycles. The number of fused-ring (bicyclic) bond motifs is 1. The van der Waals surface area contributed by atoms with Crippen LogP contribution in [-0.2, 0) is 11.2 Å². The molecule has 10 heteroatoms. The van der Waals surface area contributed by atoms with E-state index in [0.29, 0.717) is 29.6 Å². The summed E-state index contributed by atoms with van der Waals surface area (Å²) < 4.78 is 1.68. The van der Waals surface area contributed by atoms with Gasteiger partial charge in [-0.1, -0.05) is 19.3 Å². The van der Waals surface area contributed by atoms with Crippen LogP contribution in [0, 0.1) is 0 Å². The molecule has 10 nitrogen and oxygen atoms in total. The normalized spacial score (nSPS) is 23.0. The number of carbonyl (C=O) groups excluding carboxylic acids is 1. The number of hydrogen-bond donors (Lipinski definition) is 4. The van der Waals surface area contributed by atoms with Crippen molar-refractivity contribution in [1.82, 2.24) is 24.9 Å². The summed E-state index contributed by atoms with van der Waals surface area (Å²) >= 11 is 0. The Bertz CT molecular complexity index is 929. The first-order valence-electron chi connectivity index (χ1n) is 9.99. The Morgan fingerprint density at radius 2 is 1.89 bits per heavy atom. The summed E-state index contributed by atoms with van der Waals surface area (Å²) in [4.78, 5) is 25.2. The van der Waals surface area contributed by atoms with E-state index in [2.05, 4.69) is 31.0 Å². The topological polar surface area (TPSA) is 129 Å². The van der Waals surface area contributed by atoms with Gasteiger partial charge in [0, 0.05) is 24.1 Å². The van der Waals surface area contributed by atoms with Gasteiger partial charge in [-0.25, -0.2) is 4.99 Å². The van der Waals surface area contributed by atoms with E-state index >= 15 is 0 Å². The molecule has 2 aromatic rings. The molecule has 2 aromatic heterocycles. The van der Waals surface area contributed by atoms with E-state index in [4.69, 9.17) is 4.98 Å². The van der Waals surface area contributed by atoms with Crippen molar-refractivity contribution in [3.8, 4) is 0 Å². The van der Waals surface area contributed by atoms with Gasteiger partial charge in [0.05, 0.1) is 6.20 Å². The van der Waals surface area contributed by atoms with Gasteiger partial charge in [-0.3, -0.25) is 4.79 Å². The van der Waals surface area contributed by atoms with Crippen LogP contribution in [0.2, 0.25) is 0 Å². The van der Waals surface area contributed by atoms with Crippen molar-refractivity contribution in [2.24, 2.45) is 4.99 Å². The highest BCUT2D eigenvalue weighted by Gasteiger charge is 2.27. The van der Waals surface area contributed by atoms with E-state index in [1.807, 2.05) is 0 Å². The van der Waals surface area contributed by atoms with Crippen LogP contribution < -0.4 is 16.0 Å². The van der Waals surface area contributed by atoms with Crippen molar-refractivity contribution in [2.75, 3.05) is 10.6 Å². The molecule has 2 saturated carbocycles. The Hall–Kier alpha value is -2.75. The minimum absolute atomic E-state index is 0.259. The molecule has 1 atom stereocenters. The lowest BCUT2D eigenvalue weighted by molar-refractivity contribution is -0.116. The van der Waals surface area contributed by atoms with Gasteiger partial charge in [0.25, 0.3) is 5.91 Å². The maximum Gasteiger partial charge on any atom is 0.269 e. The Kier molecular flexibility index (Phi) is 4.34. The largest absolute Gasteiger partial charge is 0.355 e. The third kappa shape index (κ3) is 3.51. The first-order chi connectivity index (χ1) is 13.7. The molecule has 5 rings (SSSR count). The molecule has 3 aliphatic rings. The van der Waals surface area contributed by atoms with Crippen LogP contribution in [0.4, 0.5) is 11.9 Å². The van der Waals surface area contributed by atoms with Crippen molar-refractivity contribution in [3.63, 3.8) is 0 Å². The standard InChI is InChI=1S/C18H24N8O2/c27-15-13(22-18(28)24-15)8-10-9-19-26-14(10)23-16(20-11-4-2-1-3-5-11)25-17(26)21-12-6-7-12/h9,11-12,18,28H,1-8H2,(H,24,27)(H2,20,21,23,25). The fourth-order valence-electron chi connectivity index (χ4n) is 3.79. The molecule has 2 fully saturated rings. The average Bonchev–Trinajstić information content (AvgIpc) is 3.32. The van der Waals surface area contributed by atoms with E-state index in [0.717, 1.165) is 31.2 Å². The summed E-state index contributed by atoms with van der Waals surface area (Å²) in [5, 5.41) is 23.2. The van der Waals surface area contributed by atoms with Crippen molar-refractivity contribution < 1.29 is 9.90 Å². The maximum absolute atomic E-state index is 11.9. The fraction of sp³-hybridized carbons (Fsp3) is 0.611. The number of amides is 1. The lowest BCUT2D eigenvalue weighted by Crippen LogP contribution is -2.29. The SMILES string of the molecule is O=C1NC(O)N=C1Cc1cnn2c(NC3CC3)nc(NC3CCCCC3)nc12. The predicted octanol–water partition coefficient (Wildman–Crippen LogP) is 0.832. The van der Waals surface area contributed by atoms with Gasteiger partial charge in [0.15, 0.2) is 5.65 Å². The zero-order chi connectivity index (χ0) is 19.1. The monoisotopic (exact) mass is 384 g/mol. The van der Waals surface area contributed by atoms with Gasteiger partial charge in [-0.05, 0) is 25.7 Å². The molecule has 1 unspecified atom stereocenters. The van der Waals surface area contributed by atoms with Crippen LogP contribution in [0.3, 0.4) is 0 Å². The summed E-state index contributed by atoms with van der Waals surface area (Å²) in [6.45, 7) is 0. The Morgan fingerprint density at radius 1 is 1.11 bits per heavy atom. The van der Waals surface area contributed by atoms with Gasteiger partial charge in [0.1, 0.15) is 5.71 Å². The molecule has 4 N–H and O–H groups in total. The smallest absolute Gasteiger partial charge is 0.269 e. The lowest BCUT2D eigenvalue weighted by Gasteiger charge is -2.23. The number of nitrogens with one attached hydrogen (secondary N) is 3. The number of hydrogen-bond acceptors (Lipinski definition) is 8. The molecule has 148 valence electrons.